The summed E-state index contributed by atoms with van der Waals surface area (Å²) in [7, 11) is 0. The summed E-state index contributed by atoms with van der Waals surface area (Å²) in [5, 5.41) is 35.4. The number of carbonyl (C=O) groups is 4. The molecule has 11 nitrogen and oxygen atoms in total. The smallest absolute Gasteiger partial charge is 0.338 e. The molecule has 3 N–H and O–H groups in total. The van der Waals surface area contributed by atoms with E-state index in [1.807, 2.05) is 0 Å². The highest BCUT2D eigenvalue weighted by atomic mass is 16.6. The summed E-state index contributed by atoms with van der Waals surface area (Å²) in [5.74, 6) is -5.33. The zero-order valence-electron chi connectivity index (χ0n) is 23.7. The molecule has 0 unspecified atom stereocenters. The number of ketones is 1. The molecule has 1 saturated heterocycles. The molecular weight excluding hydrogens is 536 g/mol. The zero-order valence-corrected chi connectivity index (χ0v) is 23.7. The predicted octanol–water partition coefficient (Wildman–Crippen LogP) is 1.26. The Hall–Kier alpha value is -3.12. The molecule has 10 atom stereocenters. The minimum atomic E-state index is -2.05. The fourth-order valence-electron chi connectivity index (χ4n) is 7.56. The second-order valence-electron chi connectivity index (χ2n) is 12.0. The first-order valence-electron chi connectivity index (χ1n) is 13.8. The summed E-state index contributed by atoms with van der Waals surface area (Å²) >= 11 is 0. The molecule has 1 heterocycles. The van der Waals surface area contributed by atoms with Gasteiger partial charge in [0.25, 0.3) is 0 Å². The highest BCUT2D eigenvalue weighted by molar-refractivity contribution is 5.95. The van der Waals surface area contributed by atoms with Gasteiger partial charge in [-0.2, -0.15) is 0 Å². The molecular formula is C30H36O11. The summed E-state index contributed by atoms with van der Waals surface area (Å²) in [4.78, 5) is 53.0. The number of esters is 3. The second-order valence-corrected chi connectivity index (χ2v) is 12.0. The number of hydrogen-bond donors (Lipinski definition) is 3. The van der Waals surface area contributed by atoms with Crippen LogP contribution in [0.25, 0.3) is 0 Å². The van der Waals surface area contributed by atoms with E-state index in [1.165, 1.54) is 26.0 Å². The van der Waals surface area contributed by atoms with E-state index in [2.05, 4.69) is 0 Å². The summed E-state index contributed by atoms with van der Waals surface area (Å²) in [5.41, 5.74) is -4.81. The molecule has 1 aromatic rings. The van der Waals surface area contributed by atoms with Crippen molar-refractivity contribution in [1.29, 1.82) is 0 Å². The van der Waals surface area contributed by atoms with E-state index in [9.17, 15) is 34.5 Å². The standard InChI is InChI=1S/C30H36O11/c1-14-19(33)12-29(37)15(2)22(14)23(39-16(3)31)25(35)28(5)20(34)11-21-30(13-38-21,41-17(4)32)24(28)26(29)40-27(36)18-9-7-6-8-10-18/h6-10,15,19-21,23-24,26,33-34,37H,11-13H2,1-5H3/t15-,19-,20-,21+,23+,24-,26-,28+,29-,30-/m0/s1. The molecule has 1 aliphatic heterocycles. The van der Waals surface area contributed by atoms with Gasteiger partial charge in [-0.15, -0.1) is 0 Å². The molecule has 3 aliphatic carbocycles. The maximum Gasteiger partial charge on any atom is 0.338 e. The van der Waals surface area contributed by atoms with E-state index in [0.29, 0.717) is 5.57 Å². The van der Waals surface area contributed by atoms with Crippen LogP contribution < -0.4 is 0 Å². The topological polar surface area (TPSA) is 166 Å². The summed E-state index contributed by atoms with van der Waals surface area (Å²) in [6.45, 7) is 6.77. The van der Waals surface area contributed by atoms with E-state index in [1.54, 1.807) is 32.0 Å². The molecule has 4 aliphatic rings. The molecule has 0 aromatic heterocycles. The lowest BCUT2D eigenvalue weighted by Gasteiger charge is -2.66. The van der Waals surface area contributed by atoms with Crippen molar-refractivity contribution < 1.29 is 53.4 Å². The van der Waals surface area contributed by atoms with Crippen LogP contribution >= 0.6 is 0 Å². The van der Waals surface area contributed by atoms with Crippen molar-refractivity contribution in [1.82, 2.24) is 0 Å². The van der Waals surface area contributed by atoms with Gasteiger partial charge in [0.05, 0.1) is 35.7 Å². The largest absolute Gasteiger partial charge is 0.455 e. The molecule has 0 spiro atoms. The van der Waals surface area contributed by atoms with Crippen LogP contribution in [-0.2, 0) is 33.3 Å². The summed E-state index contributed by atoms with van der Waals surface area (Å²) in [6.07, 6.45) is -7.13. The normalized spacial score (nSPS) is 41.6. The van der Waals surface area contributed by atoms with E-state index in [4.69, 9.17) is 18.9 Å². The van der Waals surface area contributed by atoms with E-state index < -0.39 is 82.7 Å². The van der Waals surface area contributed by atoms with E-state index in [0.717, 1.165) is 6.92 Å². The highest BCUT2D eigenvalue weighted by Crippen LogP contribution is 2.61. The number of hydrogen-bond acceptors (Lipinski definition) is 11. The minimum Gasteiger partial charge on any atom is -0.455 e. The number of aliphatic hydroxyl groups is 3. The van der Waals surface area contributed by atoms with Crippen LogP contribution in [0, 0.1) is 17.3 Å². The van der Waals surface area contributed by atoms with Crippen molar-refractivity contribution in [3.8, 4) is 0 Å². The highest BCUT2D eigenvalue weighted by Gasteiger charge is 2.76. The maximum absolute atomic E-state index is 14.7. The molecule has 0 radical (unpaired) electrons. The molecule has 0 amide bonds. The van der Waals surface area contributed by atoms with E-state index >= 15 is 0 Å². The number of ether oxygens (including phenoxy) is 4. The molecule has 2 bridgehead atoms. The zero-order chi connectivity index (χ0) is 30.1. The van der Waals surface area contributed by atoms with Crippen LogP contribution in [-0.4, -0.2) is 87.3 Å². The third-order valence-electron chi connectivity index (χ3n) is 9.76. The molecule has 11 heteroatoms. The van der Waals surface area contributed by atoms with Crippen molar-refractivity contribution in [2.24, 2.45) is 17.3 Å². The van der Waals surface area contributed by atoms with Gasteiger partial charge < -0.3 is 34.3 Å². The van der Waals surface area contributed by atoms with Crippen molar-refractivity contribution in [2.75, 3.05) is 6.61 Å². The molecule has 41 heavy (non-hydrogen) atoms. The Morgan fingerprint density at radius 1 is 1.05 bits per heavy atom. The SMILES string of the molecule is CC(=O)O[C@H]1C(=O)[C@@]2(C)[C@H]([C@H](OC(=O)c3ccccc3)[C@]3(O)C[C@H](O)C(C)=C1[C@@H]3C)[C@]1(OC(C)=O)CO[C@@H]1C[C@@H]2O. The first-order chi connectivity index (χ1) is 19.2. The summed E-state index contributed by atoms with van der Waals surface area (Å²) < 4.78 is 23.3. The summed E-state index contributed by atoms with van der Waals surface area (Å²) in [6, 6.07) is 8.04. The predicted molar refractivity (Wildman–Crippen MR) is 140 cm³/mol. The first kappa shape index (κ1) is 29.4. The number of Topliss-reactive ketones (excluding diaryl/α,β-unsaturated/α-hetero) is 1. The lowest BCUT2D eigenvalue weighted by atomic mass is 9.47. The van der Waals surface area contributed by atoms with Gasteiger partial charge >= 0.3 is 17.9 Å². The van der Waals surface area contributed by atoms with Gasteiger partial charge in [0.1, 0.15) is 17.8 Å². The second kappa shape index (κ2) is 10.0. The van der Waals surface area contributed by atoms with Gasteiger partial charge in [-0.25, -0.2) is 4.79 Å². The molecule has 222 valence electrons. The quantitative estimate of drug-likeness (QED) is 0.270. The lowest BCUT2D eigenvalue weighted by molar-refractivity contribution is -0.343. The fraction of sp³-hybridized carbons (Fsp3) is 0.600. The Balaban J connectivity index is 1.80. The number of fused-ring (bicyclic) bond motifs is 5. The maximum atomic E-state index is 14.7. The van der Waals surface area contributed by atoms with Crippen LogP contribution in [0.2, 0.25) is 0 Å². The number of benzene rings is 1. The van der Waals surface area contributed by atoms with Crippen LogP contribution in [0.4, 0.5) is 0 Å². The Labute approximate surface area is 237 Å². The lowest BCUT2D eigenvalue weighted by Crippen LogP contribution is -2.81. The number of carbonyl (C=O) groups excluding carboxylic acids is 4. The third-order valence-corrected chi connectivity index (χ3v) is 9.76. The van der Waals surface area contributed by atoms with Crippen molar-refractivity contribution >= 4 is 23.7 Å². The van der Waals surface area contributed by atoms with Crippen LogP contribution in [0.3, 0.4) is 0 Å². The average molecular weight is 573 g/mol. The van der Waals surface area contributed by atoms with Crippen LogP contribution in [0.15, 0.2) is 41.5 Å². The van der Waals surface area contributed by atoms with Crippen LogP contribution in [0.1, 0.15) is 57.8 Å². The Bertz CT molecular complexity index is 1310. The number of rotatable bonds is 4. The Morgan fingerprint density at radius 2 is 1.71 bits per heavy atom. The van der Waals surface area contributed by atoms with Crippen LogP contribution in [0.5, 0.6) is 0 Å². The molecule has 1 aromatic carbocycles. The third kappa shape index (κ3) is 4.24. The Morgan fingerprint density at radius 3 is 2.27 bits per heavy atom. The van der Waals surface area contributed by atoms with Gasteiger partial charge in [0.15, 0.2) is 17.5 Å². The Kier molecular flexibility index (Phi) is 7.17. The van der Waals surface area contributed by atoms with Crippen molar-refractivity contribution in [3.05, 3.63) is 47.0 Å². The van der Waals surface area contributed by atoms with Gasteiger partial charge in [0.2, 0.25) is 0 Å². The monoisotopic (exact) mass is 572 g/mol. The number of aliphatic hydroxyl groups excluding tert-OH is 2. The van der Waals surface area contributed by atoms with E-state index in [-0.39, 0.29) is 30.6 Å². The fourth-order valence-corrected chi connectivity index (χ4v) is 7.56. The van der Waals surface area contributed by atoms with Gasteiger partial charge in [-0.1, -0.05) is 25.1 Å². The molecule has 3 fully saturated rings. The van der Waals surface area contributed by atoms with Crippen molar-refractivity contribution in [3.63, 3.8) is 0 Å². The van der Waals surface area contributed by atoms with Crippen molar-refractivity contribution in [2.45, 2.75) is 89.2 Å². The first-order valence-corrected chi connectivity index (χ1v) is 13.8. The minimum absolute atomic E-state index is 0.104. The van der Waals surface area contributed by atoms with Gasteiger partial charge in [0, 0.05) is 32.6 Å². The molecule has 5 rings (SSSR count). The van der Waals surface area contributed by atoms with Gasteiger partial charge in [-0.05, 0) is 37.1 Å². The average Bonchev–Trinajstić information content (AvgIpc) is 2.90. The van der Waals surface area contributed by atoms with Gasteiger partial charge in [-0.3, -0.25) is 14.4 Å². The molecule has 2 saturated carbocycles.